The van der Waals surface area contributed by atoms with Gasteiger partial charge in [0.15, 0.2) is 0 Å². The number of aromatic hydroxyl groups is 1. The van der Waals surface area contributed by atoms with E-state index < -0.39 is 4.92 Å². The quantitative estimate of drug-likeness (QED) is 0.458. The molecule has 9 heteroatoms. The van der Waals surface area contributed by atoms with Gasteiger partial charge in [0.2, 0.25) is 5.95 Å². The number of pyridine rings is 1. The summed E-state index contributed by atoms with van der Waals surface area (Å²) in [6.07, 6.45) is 1.94. The Kier molecular flexibility index (Phi) is 4.82. The second-order valence-corrected chi connectivity index (χ2v) is 7.04. The van der Waals surface area contributed by atoms with Crippen molar-refractivity contribution in [1.82, 2.24) is 19.9 Å². The molecule has 2 aromatic heterocycles. The summed E-state index contributed by atoms with van der Waals surface area (Å²) < 4.78 is 1.92. The maximum Gasteiger partial charge on any atom is 0.271 e. The monoisotopic (exact) mass is 382 g/mol. The summed E-state index contributed by atoms with van der Waals surface area (Å²) in [7, 11) is 0. The molecule has 0 atom stereocenters. The molecule has 0 bridgehead atoms. The van der Waals surface area contributed by atoms with Gasteiger partial charge in [0.05, 0.1) is 22.5 Å². The first kappa shape index (κ1) is 18.2. The molecule has 1 aromatic carbocycles. The van der Waals surface area contributed by atoms with Crippen LogP contribution in [0.25, 0.3) is 11.0 Å². The van der Waals surface area contributed by atoms with Crippen LogP contribution < -0.4 is 10.6 Å². The lowest BCUT2D eigenvalue weighted by Gasteiger charge is -2.24. The van der Waals surface area contributed by atoms with Crippen LogP contribution in [0.2, 0.25) is 0 Å². The Balaban J connectivity index is 1.77. The summed E-state index contributed by atoms with van der Waals surface area (Å²) in [5, 5.41) is 28.2. The number of hydrogen-bond acceptors (Lipinski definition) is 7. The zero-order valence-corrected chi connectivity index (χ0v) is 15.6. The van der Waals surface area contributed by atoms with E-state index in [0.29, 0.717) is 23.7 Å². The largest absolute Gasteiger partial charge is 0.506 e. The molecule has 1 aliphatic rings. The second-order valence-electron chi connectivity index (χ2n) is 7.04. The number of fused-ring (bicyclic) bond motifs is 1. The molecule has 0 radical (unpaired) electrons. The number of rotatable bonds is 5. The van der Waals surface area contributed by atoms with Crippen molar-refractivity contribution in [2.75, 3.05) is 18.4 Å². The van der Waals surface area contributed by atoms with Crippen molar-refractivity contribution < 1.29 is 10.0 Å². The van der Waals surface area contributed by atoms with Crippen molar-refractivity contribution in [3.8, 4) is 5.75 Å². The second kappa shape index (κ2) is 7.43. The van der Waals surface area contributed by atoms with Crippen molar-refractivity contribution in [2.45, 2.75) is 32.4 Å². The van der Waals surface area contributed by atoms with Gasteiger partial charge in [0.1, 0.15) is 11.4 Å². The first-order valence-corrected chi connectivity index (χ1v) is 9.28. The Morgan fingerprint density at radius 2 is 2.07 bits per heavy atom. The number of anilines is 1. The van der Waals surface area contributed by atoms with Crippen LogP contribution in [-0.2, 0) is 6.54 Å². The van der Waals surface area contributed by atoms with Crippen molar-refractivity contribution in [3.05, 3.63) is 51.8 Å². The van der Waals surface area contributed by atoms with Crippen molar-refractivity contribution in [1.29, 1.82) is 0 Å². The SMILES string of the molecule is Cc1ccc(O)c(Cn2c(NC3CCNCC3)nc3cc([N+](=O)[O-])ccc32)n1. The van der Waals surface area contributed by atoms with Gasteiger partial charge < -0.3 is 20.3 Å². The molecule has 3 N–H and O–H groups in total. The fourth-order valence-electron chi connectivity index (χ4n) is 3.52. The minimum atomic E-state index is -0.424. The van der Waals surface area contributed by atoms with Crippen LogP contribution in [0.1, 0.15) is 24.2 Å². The zero-order chi connectivity index (χ0) is 19.7. The van der Waals surface area contributed by atoms with Crippen LogP contribution in [-0.4, -0.2) is 43.7 Å². The number of nitrogens with zero attached hydrogens (tertiary/aromatic N) is 4. The van der Waals surface area contributed by atoms with E-state index in [1.807, 2.05) is 11.5 Å². The van der Waals surface area contributed by atoms with Gasteiger partial charge in [-0.15, -0.1) is 0 Å². The average molecular weight is 382 g/mol. The fraction of sp³-hybridized carbons (Fsp3) is 0.368. The fourth-order valence-corrected chi connectivity index (χ4v) is 3.52. The van der Waals surface area contributed by atoms with Crippen LogP contribution >= 0.6 is 0 Å². The lowest BCUT2D eigenvalue weighted by Crippen LogP contribution is -2.36. The number of aromatic nitrogens is 3. The van der Waals surface area contributed by atoms with Crippen molar-refractivity contribution in [3.63, 3.8) is 0 Å². The topological polar surface area (TPSA) is 118 Å². The standard InChI is InChI=1S/C19H22N6O3/c1-12-2-5-18(26)16(21-12)11-24-17-4-3-14(25(27)28)10-15(17)23-19(24)22-13-6-8-20-9-7-13/h2-5,10,13,20,26H,6-9,11H2,1H3,(H,22,23). The first-order valence-electron chi connectivity index (χ1n) is 9.28. The van der Waals surface area contributed by atoms with E-state index in [1.54, 1.807) is 18.2 Å². The third kappa shape index (κ3) is 3.61. The summed E-state index contributed by atoms with van der Waals surface area (Å²) in [6.45, 7) is 4.05. The molecule has 28 heavy (non-hydrogen) atoms. The molecule has 0 saturated carbocycles. The van der Waals surface area contributed by atoms with Gasteiger partial charge in [-0.2, -0.15) is 0 Å². The molecule has 9 nitrogen and oxygen atoms in total. The normalized spacial score (nSPS) is 15.0. The Bertz CT molecular complexity index is 1030. The highest BCUT2D eigenvalue weighted by Gasteiger charge is 2.20. The summed E-state index contributed by atoms with van der Waals surface area (Å²) in [4.78, 5) is 19.8. The Hall–Kier alpha value is -3.20. The highest BCUT2D eigenvalue weighted by molar-refractivity contribution is 5.81. The molecule has 1 aliphatic heterocycles. The van der Waals surface area contributed by atoms with Crippen molar-refractivity contribution in [2.24, 2.45) is 0 Å². The number of non-ortho nitro benzene ring substituents is 1. The van der Waals surface area contributed by atoms with Gasteiger partial charge >= 0.3 is 0 Å². The minimum Gasteiger partial charge on any atom is -0.506 e. The van der Waals surface area contributed by atoms with Crippen LogP contribution in [0.15, 0.2) is 30.3 Å². The van der Waals surface area contributed by atoms with E-state index in [4.69, 9.17) is 0 Å². The molecule has 3 aromatic rings. The molecule has 0 amide bonds. The van der Waals surface area contributed by atoms with E-state index >= 15 is 0 Å². The van der Waals surface area contributed by atoms with Gasteiger partial charge in [0, 0.05) is 23.9 Å². The van der Waals surface area contributed by atoms with E-state index in [9.17, 15) is 15.2 Å². The van der Waals surface area contributed by atoms with Gasteiger partial charge in [-0.25, -0.2) is 4.98 Å². The molecular weight excluding hydrogens is 360 g/mol. The highest BCUT2D eigenvalue weighted by Crippen LogP contribution is 2.27. The van der Waals surface area contributed by atoms with Gasteiger partial charge in [-0.3, -0.25) is 15.1 Å². The minimum absolute atomic E-state index is 0.00194. The van der Waals surface area contributed by atoms with Gasteiger partial charge in [-0.05, 0) is 51.1 Å². The molecule has 0 aliphatic carbocycles. The van der Waals surface area contributed by atoms with Crippen LogP contribution in [0.4, 0.5) is 11.6 Å². The lowest BCUT2D eigenvalue weighted by atomic mass is 10.1. The number of piperidine rings is 1. The molecule has 4 rings (SSSR count). The Morgan fingerprint density at radius 1 is 1.29 bits per heavy atom. The maximum atomic E-state index is 11.1. The number of hydrogen-bond donors (Lipinski definition) is 3. The van der Waals surface area contributed by atoms with E-state index in [1.165, 1.54) is 12.1 Å². The molecule has 1 fully saturated rings. The van der Waals surface area contributed by atoms with Gasteiger partial charge in [-0.1, -0.05) is 0 Å². The summed E-state index contributed by atoms with van der Waals surface area (Å²) in [5.41, 5.74) is 2.64. The number of nitrogens with one attached hydrogen (secondary N) is 2. The number of nitro benzene ring substituents is 1. The van der Waals surface area contributed by atoms with Crippen molar-refractivity contribution >= 4 is 22.7 Å². The summed E-state index contributed by atoms with van der Waals surface area (Å²) in [5.74, 6) is 0.743. The Morgan fingerprint density at radius 3 is 2.82 bits per heavy atom. The summed E-state index contributed by atoms with van der Waals surface area (Å²) >= 11 is 0. The van der Waals surface area contributed by atoms with E-state index in [-0.39, 0.29) is 17.5 Å². The third-order valence-electron chi connectivity index (χ3n) is 5.01. The molecule has 0 spiro atoms. The maximum absolute atomic E-state index is 11.1. The first-order chi connectivity index (χ1) is 13.5. The van der Waals surface area contributed by atoms with Gasteiger partial charge in [0.25, 0.3) is 5.69 Å². The van der Waals surface area contributed by atoms with E-state index in [2.05, 4.69) is 20.6 Å². The van der Waals surface area contributed by atoms with E-state index in [0.717, 1.165) is 37.1 Å². The zero-order valence-electron chi connectivity index (χ0n) is 15.6. The van der Waals surface area contributed by atoms with Crippen LogP contribution in [0.5, 0.6) is 5.75 Å². The molecule has 3 heterocycles. The molecular formula is C19H22N6O3. The van der Waals surface area contributed by atoms with Crippen LogP contribution in [0.3, 0.4) is 0 Å². The third-order valence-corrected chi connectivity index (χ3v) is 5.01. The smallest absolute Gasteiger partial charge is 0.271 e. The molecule has 146 valence electrons. The Labute approximate surface area is 161 Å². The number of aryl methyl sites for hydroxylation is 1. The highest BCUT2D eigenvalue weighted by atomic mass is 16.6. The number of nitro groups is 1. The number of benzene rings is 1. The number of imidazole rings is 1. The molecule has 1 saturated heterocycles. The average Bonchev–Trinajstić information content (AvgIpc) is 3.01. The predicted octanol–water partition coefficient (Wildman–Crippen LogP) is 2.57. The summed E-state index contributed by atoms with van der Waals surface area (Å²) in [6, 6.07) is 8.29. The molecule has 0 unspecified atom stereocenters. The van der Waals surface area contributed by atoms with Crippen LogP contribution in [0, 0.1) is 17.0 Å². The lowest BCUT2D eigenvalue weighted by molar-refractivity contribution is -0.384. The predicted molar refractivity (Wildman–Crippen MR) is 106 cm³/mol.